The molecule has 0 aliphatic rings. The summed E-state index contributed by atoms with van der Waals surface area (Å²) in [5.74, 6) is -4.44. The minimum absolute atomic E-state index is 0.149. The van der Waals surface area contributed by atoms with Crippen molar-refractivity contribution in [3.63, 3.8) is 0 Å². The monoisotopic (exact) mass is 410 g/mol. The van der Waals surface area contributed by atoms with Gasteiger partial charge in [0.2, 0.25) is 0 Å². The predicted molar refractivity (Wildman–Crippen MR) is 81.5 cm³/mol. The van der Waals surface area contributed by atoms with Crippen LogP contribution >= 0.6 is 0 Å². The number of methoxy groups -OCH3 is 2. The summed E-state index contributed by atoms with van der Waals surface area (Å²) in [5.41, 5.74) is 0. The molecular weight excluding hydrogens is 383 g/mol. The molecule has 0 spiro atoms. The number of aliphatic carboxylic acids is 2. The van der Waals surface area contributed by atoms with Gasteiger partial charge in [0.05, 0.1) is 14.2 Å². The number of carboxylic acids is 2. The molecule has 0 rings (SSSR count). The quantitative estimate of drug-likeness (QED) is 0.250. The largest absolute Gasteiger partial charge is 0.487 e. The van der Waals surface area contributed by atoms with Crippen LogP contribution in [0.2, 0.25) is 8.87 Å². The normalized spacial score (nSPS) is 10.9. The molecule has 0 amide bonds. The number of hydrogen-bond acceptors (Lipinski definition) is 4. The summed E-state index contributed by atoms with van der Waals surface area (Å²) in [7, 11) is 2.09. The topological polar surface area (TPSA) is 93.1 Å². The third-order valence-electron chi connectivity index (χ3n) is 2.42. The van der Waals surface area contributed by atoms with E-state index in [0.717, 1.165) is 14.2 Å². The molecule has 0 aromatic carbocycles. The fourth-order valence-corrected chi connectivity index (χ4v) is 5.44. The van der Waals surface area contributed by atoms with Gasteiger partial charge >= 0.3 is 81.5 Å². The summed E-state index contributed by atoms with van der Waals surface area (Å²) in [6.45, 7) is 4.58. The summed E-state index contributed by atoms with van der Waals surface area (Å²) >= 11 is 0.149. The second-order valence-electron chi connectivity index (χ2n) is 4.13. The molecule has 0 fully saturated rings. The molecule has 0 aliphatic heterocycles. The maximum absolute atomic E-state index is 10.3. The molecule has 0 unspecified atom stereocenters. The molecule has 2 N–H and O–H groups in total. The van der Waals surface area contributed by atoms with Gasteiger partial charge in [0.1, 0.15) is 0 Å². The molecule has 6 nitrogen and oxygen atoms in total. The van der Waals surface area contributed by atoms with Gasteiger partial charge in [-0.05, 0) is 0 Å². The number of unbranched alkanes of at least 4 members (excludes halogenated alkanes) is 2. The van der Waals surface area contributed by atoms with E-state index in [1.54, 1.807) is 8.87 Å². The smallest absolute Gasteiger partial charge is 0.375 e. The van der Waals surface area contributed by atoms with Crippen LogP contribution in [0.3, 0.4) is 0 Å². The van der Waals surface area contributed by atoms with E-state index in [9.17, 15) is 9.59 Å². The number of carbonyl (C=O) groups is 2. The van der Waals surface area contributed by atoms with Crippen LogP contribution in [-0.2, 0) is 19.1 Å². The molecule has 0 aliphatic carbocycles. The van der Waals surface area contributed by atoms with Crippen LogP contribution in [0, 0.1) is 0 Å². The fourth-order valence-electron chi connectivity index (χ4n) is 1.28. The number of carboxylic acid groups (broad SMARTS) is 2. The van der Waals surface area contributed by atoms with Crippen LogP contribution in [0.1, 0.15) is 39.5 Å². The number of hydrogen-bond donors (Lipinski definition) is 2. The summed E-state index contributed by atoms with van der Waals surface area (Å²) in [6, 6.07) is 0. The first-order valence-electron chi connectivity index (χ1n) is 6.95. The van der Waals surface area contributed by atoms with Gasteiger partial charge in [-0.15, -0.1) is 0 Å². The zero-order valence-corrected chi connectivity index (χ0v) is 16.1. The van der Waals surface area contributed by atoms with Crippen molar-refractivity contribution in [1.82, 2.24) is 0 Å². The predicted octanol–water partition coefficient (Wildman–Crippen LogP) is 2.79. The Morgan fingerprint density at radius 1 is 0.857 bits per heavy atom. The van der Waals surface area contributed by atoms with Crippen molar-refractivity contribution in [2.75, 3.05) is 14.2 Å². The van der Waals surface area contributed by atoms with E-state index in [0.29, 0.717) is 0 Å². The summed E-state index contributed by atoms with van der Waals surface area (Å²) in [6.07, 6.45) is 5.84. The molecule has 0 atom stereocenters. The van der Waals surface area contributed by atoms with Gasteiger partial charge in [-0.3, -0.25) is 0 Å². The minimum atomic E-state index is -1.49. The average Bonchev–Trinajstić information content (AvgIpc) is 2.44. The standard InChI is InChI=1S/C6H8O6.2C4H9.Sn/c1-11-3(5(7)8)4(12-2)6(9)10;2*1-3-4-2;/h1-2H3,(H,7,8)(H,9,10);2*1,3-4H2,2H3;/b4-3-;;;. The Hall–Kier alpha value is -0.921. The Kier molecular flexibility index (Phi) is 16.5. The Labute approximate surface area is 136 Å². The van der Waals surface area contributed by atoms with Gasteiger partial charge in [0, 0.05) is 0 Å². The number of ether oxygens (including phenoxy) is 2. The molecule has 0 heterocycles. The van der Waals surface area contributed by atoms with Crippen molar-refractivity contribution in [1.29, 1.82) is 0 Å². The zero-order chi connectivity index (χ0) is 16.7. The van der Waals surface area contributed by atoms with Crippen molar-refractivity contribution < 1.29 is 29.3 Å². The van der Waals surface area contributed by atoms with Crippen molar-refractivity contribution in [2.45, 2.75) is 48.4 Å². The van der Waals surface area contributed by atoms with Crippen LogP contribution in [0.15, 0.2) is 11.5 Å². The van der Waals surface area contributed by atoms with E-state index >= 15 is 0 Å². The molecule has 2 radical (unpaired) electrons. The van der Waals surface area contributed by atoms with Crippen LogP contribution < -0.4 is 0 Å². The Balaban J connectivity index is 0. The van der Waals surface area contributed by atoms with Crippen LogP contribution in [0.4, 0.5) is 0 Å². The van der Waals surface area contributed by atoms with Gasteiger partial charge in [-0.1, -0.05) is 0 Å². The van der Waals surface area contributed by atoms with Crippen LogP contribution in [0.5, 0.6) is 0 Å². The van der Waals surface area contributed by atoms with E-state index in [-0.39, 0.29) is 21.1 Å². The third kappa shape index (κ3) is 12.5. The average molecular weight is 409 g/mol. The van der Waals surface area contributed by atoms with Gasteiger partial charge in [0.15, 0.2) is 0 Å². The molecule has 21 heavy (non-hydrogen) atoms. The molecular formula is C14H26O6Sn. The molecule has 0 aromatic heterocycles. The van der Waals surface area contributed by atoms with E-state index < -0.39 is 23.5 Å². The Morgan fingerprint density at radius 2 is 1.19 bits per heavy atom. The summed E-state index contributed by atoms with van der Waals surface area (Å²) < 4.78 is 11.9. The third-order valence-corrected chi connectivity index (χ3v) is 6.45. The van der Waals surface area contributed by atoms with Crippen molar-refractivity contribution in [3.05, 3.63) is 11.5 Å². The Bertz CT molecular complexity index is 297. The molecule has 122 valence electrons. The Morgan fingerprint density at radius 3 is 1.38 bits per heavy atom. The van der Waals surface area contributed by atoms with Crippen LogP contribution in [-0.4, -0.2) is 57.5 Å². The van der Waals surface area contributed by atoms with Gasteiger partial charge in [-0.25, -0.2) is 9.59 Å². The first kappa shape index (κ1) is 22.4. The van der Waals surface area contributed by atoms with E-state index in [1.165, 1.54) is 25.7 Å². The summed E-state index contributed by atoms with van der Waals surface area (Å²) in [5, 5.41) is 16.8. The van der Waals surface area contributed by atoms with E-state index in [4.69, 9.17) is 10.2 Å². The maximum Gasteiger partial charge on any atom is 0.375 e. The second kappa shape index (κ2) is 15.5. The molecule has 0 saturated carbocycles. The van der Waals surface area contributed by atoms with Crippen molar-refractivity contribution in [2.24, 2.45) is 0 Å². The van der Waals surface area contributed by atoms with Crippen molar-refractivity contribution in [3.8, 4) is 0 Å². The van der Waals surface area contributed by atoms with Gasteiger partial charge < -0.3 is 19.7 Å². The first-order valence-corrected chi connectivity index (χ1v) is 11.0. The molecule has 0 saturated heterocycles. The van der Waals surface area contributed by atoms with Crippen LogP contribution in [0.25, 0.3) is 0 Å². The first-order chi connectivity index (χ1) is 9.95. The minimum Gasteiger partial charge on any atom is -0.487 e. The molecule has 7 heteroatoms. The van der Waals surface area contributed by atoms with E-state index in [1.807, 2.05) is 0 Å². The van der Waals surface area contributed by atoms with Crippen molar-refractivity contribution >= 4 is 33.1 Å². The zero-order valence-electron chi connectivity index (χ0n) is 13.3. The molecule has 0 aromatic rings. The second-order valence-corrected chi connectivity index (χ2v) is 8.42. The van der Waals surface area contributed by atoms with Gasteiger partial charge in [-0.2, -0.15) is 0 Å². The number of rotatable bonds is 10. The summed E-state index contributed by atoms with van der Waals surface area (Å²) in [4.78, 5) is 20.6. The maximum atomic E-state index is 10.3. The SMILES string of the molecule is CCC[CH2][Sn][CH2]CCC.CO/C(C(=O)O)=C(\OC)C(=O)O. The fraction of sp³-hybridized carbons (Fsp3) is 0.714. The van der Waals surface area contributed by atoms with E-state index in [2.05, 4.69) is 23.3 Å². The molecule has 0 bridgehead atoms. The van der Waals surface area contributed by atoms with Gasteiger partial charge in [0.25, 0.3) is 11.5 Å².